The van der Waals surface area contributed by atoms with Crippen LogP contribution in [0.3, 0.4) is 0 Å². The molecular weight excluding hydrogens is 252 g/mol. The number of benzene rings is 1. The zero-order valence-electron chi connectivity index (χ0n) is 11.9. The molecule has 0 unspecified atom stereocenters. The number of phenolic OH excluding ortho intramolecular Hbond substituents is 1. The molecule has 0 fully saturated rings. The molecule has 0 saturated carbocycles. The van der Waals surface area contributed by atoms with Crippen LogP contribution in [0.25, 0.3) is 0 Å². The number of hydrogen-bond donors (Lipinski definition) is 1. The third kappa shape index (κ3) is 3.41. The van der Waals surface area contributed by atoms with Crippen LogP contribution in [0.2, 0.25) is 0 Å². The van der Waals surface area contributed by atoms with Gasteiger partial charge in [0.2, 0.25) is 0 Å². The van der Waals surface area contributed by atoms with Gasteiger partial charge in [-0.15, -0.1) is 0 Å². The van der Waals surface area contributed by atoms with Crippen molar-refractivity contribution in [3.8, 4) is 5.75 Å². The molecule has 1 heterocycles. The topological polar surface area (TPSA) is 49.0 Å². The molecule has 1 aromatic heterocycles. The predicted molar refractivity (Wildman–Crippen MR) is 81.7 cm³/mol. The molecule has 20 heavy (non-hydrogen) atoms. The monoisotopic (exact) mass is 272 g/mol. The highest BCUT2D eigenvalue weighted by Gasteiger charge is 2.05. The van der Waals surface area contributed by atoms with Crippen molar-refractivity contribution in [3.05, 3.63) is 47.9 Å². The zero-order chi connectivity index (χ0) is 14.4. The Kier molecular flexibility index (Phi) is 4.82. The van der Waals surface area contributed by atoms with Gasteiger partial charge in [0.25, 0.3) is 0 Å². The largest absolute Gasteiger partial charge is 0.507 e. The highest BCUT2D eigenvalue weighted by molar-refractivity contribution is 5.84. The van der Waals surface area contributed by atoms with Crippen molar-refractivity contribution in [3.63, 3.8) is 0 Å². The molecule has 0 bridgehead atoms. The minimum absolute atomic E-state index is 0.248. The Morgan fingerprint density at radius 2 is 2.05 bits per heavy atom. The number of aromatic hydroxyl groups is 1. The number of nitrogens with zero attached hydrogens (tertiary/aromatic N) is 2. The lowest BCUT2D eigenvalue weighted by Gasteiger charge is -2.21. The predicted octanol–water partition coefficient (Wildman–Crippen LogP) is 3.45. The van der Waals surface area contributed by atoms with E-state index in [9.17, 15) is 5.11 Å². The van der Waals surface area contributed by atoms with E-state index in [0.717, 1.165) is 24.5 Å². The molecule has 0 radical (unpaired) electrons. The van der Waals surface area contributed by atoms with E-state index in [1.807, 2.05) is 24.3 Å². The van der Waals surface area contributed by atoms with Crippen molar-refractivity contribution in [2.24, 2.45) is 4.99 Å². The zero-order valence-corrected chi connectivity index (χ0v) is 11.9. The number of rotatable bonds is 6. The van der Waals surface area contributed by atoms with Crippen LogP contribution < -0.4 is 4.90 Å². The first-order valence-electron chi connectivity index (χ1n) is 6.84. The molecule has 1 aromatic carbocycles. The SMILES string of the molecule is CCN(CC)c1ccc(C=NCc2ccco2)c(O)c1. The average molecular weight is 272 g/mol. The van der Waals surface area contributed by atoms with E-state index in [1.165, 1.54) is 0 Å². The number of aliphatic imine (C=N–C) groups is 1. The van der Waals surface area contributed by atoms with Crippen molar-refractivity contribution in [2.75, 3.05) is 18.0 Å². The van der Waals surface area contributed by atoms with Gasteiger partial charge in [-0.05, 0) is 38.1 Å². The molecule has 0 aliphatic carbocycles. The molecule has 106 valence electrons. The highest BCUT2D eigenvalue weighted by Crippen LogP contribution is 2.23. The summed E-state index contributed by atoms with van der Waals surface area (Å²) in [6, 6.07) is 9.37. The fraction of sp³-hybridized carbons (Fsp3) is 0.312. The van der Waals surface area contributed by atoms with E-state index < -0.39 is 0 Å². The lowest BCUT2D eigenvalue weighted by molar-refractivity contribution is 0.474. The van der Waals surface area contributed by atoms with Crippen LogP contribution in [0.4, 0.5) is 5.69 Å². The van der Waals surface area contributed by atoms with Crippen molar-refractivity contribution in [1.82, 2.24) is 0 Å². The molecule has 0 aliphatic rings. The Morgan fingerprint density at radius 3 is 2.65 bits per heavy atom. The summed E-state index contributed by atoms with van der Waals surface area (Å²) < 4.78 is 5.20. The normalized spacial score (nSPS) is 11.1. The summed E-state index contributed by atoms with van der Waals surface area (Å²) in [4.78, 5) is 6.45. The Hall–Kier alpha value is -2.23. The highest BCUT2D eigenvalue weighted by atomic mass is 16.3. The summed E-state index contributed by atoms with van der Waals surface area (Å²) in [7, 11) is 0. The van der Waals surface area contributed by atoms with E-state index in [-0.39, 0.29) is 5.75 Å². The number of hydrogen-bond acceptors (Lipinski definition) is 4. The summed E-state index contributed by atoms with van der Waals surface area (Å²) in [5.74, 6) is 1.05. The quantitative estimate of drug-likeness (QED) is 0.819. The maximum atomic E-state index is 10.0. The van der Waals surface area contributed by atoms with Gasteiger partial charge < -0.3 is 14.4 Å². The molecule has 0 spiro atoms. The van der Waals surface area contributed by atoms with Crippen LogP contribution in [0.1, 0.15) is 25.2 Å². The van der Waals surface area contributed by atoms with Gasteiger partial charge in [0.1, 0.15) is 11.5 Å². The van der Waals surface area contributed by atoms with Gasteiger partial charge in [0.05, 0.1) is 12.8 Å². The first kappa shape index (κ1) is 14.2. The fourth-order valence-corrected chi connectivity index (χ4v) is 2.06. The molecule has 0 saturated heterocycles. The maximum absolute atomic E-state index is 10.0. The number of anilines is 1. The Labute approximate surface area is 119 Å². The van der Waals surface area contributed by atoms with Crippen LogP contribution in [0, 0.1) is 0 Å². The summed E-state index contributed by atoms with van der Waals surface area (Å²) >= 11 is 0. The Balaban J connectivity index is 2.07. The second kappa shape index (κ2) is 6.80. The molecule has 1 N–H and O–H groups in total. The summed E-state index contributed by atoms with van der Waals surface area (Å²) in [5, 5.41) is 10.0. The van der Waals surface area contributed by atoms with Crippen LogP contribution in [0.15, 0.2) is 46.0 Å². The molecule has 2 rings (SSSR count). The molecule has 4 nitrogen and oxygen atoms in total. The average Bonchev–Trinajstić information content (AvgIpc) is 2.96. The van der Waals surface area contributed by atoms with E-state index in [0.29, 0.717) is 12.1 Å². The van der Waals surface area contributed by atoms with E-state index in [4.69, 9.17) is 4.42 Å². The third-order valence-corrected chi connectivity index (χ3v) is 3.20. The smallest absolute Gasteiger partial charge is 0.126 e. The number of phenols is 1. The maximum Gasteiger partial charge on any atom is 0.126 e. The van der Waals surface area contributed by atoms with Crippen LogP contribution in [0.5, 0.6) is 5.75 Å². The first-order valence-corrected chi connectivity index (χ1v) is 6.84. The third-order valence-electron chi connectivity index (χ3n) is 3.20. The minimum atomic E-state index is 0.248. The first-order chi connectivity index (χ1) is 9.74. The van der Waals surface area contributed by atoms with Gasteiger partial charge in [-0.3, -0.25) is 4.99 Å². The second-order valence-electron chi connectivity index (χ2n) is 4.46. The van der Waals surface area contributed by atoms with Crippen LogP contribution >= 0.6 is 0 Å². The van der Waals surface area contributed by atoms with Gasteiger partial charge in [0, 0.05) is 36.6 Å². The van der Waals surface area contributed by atoms with Crippen molar-refractivity contribution in [1.29, 1.82) is 0 Å². The fourth-order valence-electron chi connectivity index (χ4n) is 2.06. The van der Waals surface area contributed by atoms with Crippen molar-refractivity contribution >= 4 is 11.9 Å². The number of furan rings is 1. The van der Waals surface area contributed by atoms with Gasteiger partial charge in [-0.1, -0.05) is 0 Å². The van der Waals surface area contributed by atoms with Gasteiger partial charge >= 0.3 is 0 Å². The Morgan fingerprint density at radius 1 is 1.25 bits per heavy atom. The van der Waals surface area contributed by atoms with Gasteiger partial charge in [0.15, 0.2) is 0 Å². The van der Waals surface area contributed by atoms with Crippen molar-refractivity contribution < 1.29 is 9.52 Å². The molecule has 4 heteroatoms. The van der Waals surface area contributed by atoms with E-state index >= 15 is 0 Å². The molecule has 0 aliphatic heterocycles. The Bertz CT molecular complexity index is 558. The van der Waals surface area contributed by atoms with Crippen LogP contribution in [-0.4, -0.2) is 24.4 Å². The summed E-state index contributed by atoms with van der Waals surface area (Å²) in [6.45, 7) is 6.51. The van der Waals surface area contributed by atoms with E-state index in [2.05, 4.69) is 23.7 Å². The lowest BCUT2D eigenvalue weighted by atomic mass is 10.2. The van der Waals surface area contributed by atoms with Crippen molar-refractivity contribution in [2.45, 2.75) is 20.4 Å². The molecule has 0 amide bonds. The lowest BCUT2D eigenvalue weighted by Crippen LogP contribution is -2.21. The second-order valence-corrected chi connectivity index (χ2v) is 4.46. The molecule has 2 aromatic rings. The minimum Gasteiger partial charge on any atom is -0.507 e. The van der Waals surface area contributed by atoms with E-state index in [1.54, 1.807) is 18.5 Å². The van der Waals surface area contributed by atoms with Crippen LogP contribution in [-0.2, 0) is 6.54 Å². The molecular formula is C16H20N2O2. The summed E-state index contributed by atoms with van der Waals surface area (Å²) in [5.41, 5.74) is 1.74. The standard InChI is InChI=1S/C16H20N2O2/c1-3-18(4-2)14-8-7-13(16(19)10-14)11-17-12-15-6-5-9-20-15/h5-11,19H,3-4,12H2,1-2H3. The van der Waals surface area contributed by atoms with Gasteiger partial charge in [-0.2, -0.15) is 0 Å². The van der Waals surface area contributed by atoms with Gasteiger partial charge in [-0.25, -0.2) is 0 Å². The molecule has 0 atom stereocenters. The summed E-state index contributed by atoms with van der Waals surface area (Å²) in [6.07, 6.45) is 3.30.